The highest BCUT2D eigenvalue weighted by molar-refractivity contribution is 7.99. The van der Waals surface area contributed by atoms with Crippen LogP contribution in [-0.2, 0) is 16.1 Å². The van der Waals surface area contributed by atoms with Gasteiger partial charge in [-0.3, -0.25) is 14.2 Å². The number of carbonyl (C=O) groups excluding carboxylic acids is 1. The van der Waals surface area contributed by atoms with E-state index in [9.17, 15) is 14.0 Å². The summed E-state index contributed by atoms with van der Waals surface area (Å²) in [6.07, 6.45) is 0. The molecule has 0 fully saturated rings. The zero-order valence-electron chi connectivity index (χ0n) is 16.2. The van der Waals surface area contributed by atoms with Crippen LogP contribution in [0.1, 0.15) is 12.5 Å². The molecule has 0 radical (unpaired) electrons. The van der Waals surface area contributed by atoms with Gasteiger partial charge in [-0.15, -0.1) is 0 Å². The van der Waals surface area contributed by atoms with E-state index in [1.54, 1.807) is 37.4 Å². The zero-order chi connectivity index (χ0) is 20.8. The number of hydrogen-bond donors (Lipinski definition) is 1. The Labute approximate surface area is 172 Å². The van der Waals surface area contributed by atoms with Gasteiger partial charge in [-0.2, -0.15) is 0 Å². The second kappa shape index (κ2) is 9.67. The first-order chi connectivity index (χ1) is 14.0. The Bertz CT molecular complexity index is 1050. The summed E-state index contributed by atoms with van der Waals surface area (Å²) >= 11 is 1.19. The molecule has 0 saturated carbocycles. The Kier molecular flexibility index (Phi) is 7.00. The Morgan fingerprint density at radius 2 is 1.97 bits per heavy atom. The molecule has 0 aliphatic rings. The normalized spacial score (nSPS) is 12.1. The predicted octanol–water partition coefficient (Wildman–Crippen LogP) is 2.83. The summed E-state index contributed by atoms with van der Waals surface area (Å²) in [5.41, 5.74) is 1.14. The smallest absolute Gasteiger partial charge is 0.262 e. The van der Waals surface area contributed by atoms with Crippen LogP contribution in [0.4, 0.5) is 4.39 Å². The van der Waals surface area contributed by atoms with Crippen molar-refractivity contribution < 1.29 is 13.9 Å². The minimum absolute atomic E-state index is 0.112. The number of carbonyl (C=O) groups is 1. The molecule has 1 atom stereocenters. The molecule has 0 saturated heterocycles. The highest BCUT2D eigenvalue weighted by Gasteiger charge is 2.14. The topological polar surface area (TPSA) is 73.2 Å². The lowest BCUT2D eigenvalue weighted by atomic mass is 10.2. The zero-order valence-corrected chi connectivity index (χ0v) is 17.0. The fraction of sp³-hybridized carbons (Fsp3) is 0.286. The number of amides is 1. The number of halogens is 1. The van der Waals surface area contributed by atoms with Gasteiger partial charge in [0.25, 0.3) is 5.56 Å². The van der Waals surface area contributed by atoms with Gasteiger partial charge in [0, 0.05) is 13.2 Å². The maximum atomic E-state index is 13.2. The second-order valence-corrected chi connectivity index (χ2v) is 7.58. The van der Waals surface area contributed by atoms with Crippen LogP contribution in [0.3, 0.4) is 0 Å². The van der Waals surface area contributed by atoms with Crippen LogP contribution in [-0.4, -0.2) is 41.0 Å². The molecule has 3 aromatic rings. The first kappa shape index (κ1) is 21.0. The number of hydrogen-bond acceptors (Lipinski definition) is 5. The largest absolute Gasteiger partial charge is 0.383 e. The van der Waals surface area contributed by atoms with Crippen LogP contribution in [0.15, 0.2) is 58.5 Å². The van der Waals surface area contributed by atoms with Crippen molar-refractivity contribution in [1.82, 2.24) is 14.9 Å². The summed E-state index contributed by atoms with van der Waals surface area (Å²) < 4.78 is 19.8. The van der Waals surface area contributed by atoms with Gasteiger partial charge in [0.1, 0.15) is 5.82 Å². The number of aromatic nitrogens is 2. The Balaban J connectivity index is 1.89. The second-order valence-electron chi connectivity index (χ2n) is 6.64. The Hall–Kier alpha value is -2.71. The van der Waals surface area contributed by atoms with E-state index >= 15 is 0 Å². The number of para-hydroxylation sites is 1. The van der Waals surface area contributed by atoms with Crippen molar-refractivity contribution in [3.63, 3.8) is 0 Å². The lowest BCUT2D eigenvalue weighted by Crippen LogP contribution is -2.36. The van der Waals surface area contributed by atoms with E-state index in [-0.39, 0.29) is 35.6 Å². The van der Waals surface area contributed by atoms with Gasteiger partial charge in [0.15, 0.2) is 5.16 Å². The van der Waals surface area contributed by atoms with E-state index in [2.05, 4.69) is 10.3 Å². The van der Waals surface area contributed by atoms with E-state index in [1.165, 1.54) is 28.5 Å². The Morgan fingerprint density at radius 1 is 1.24 bits per heavy atom. The van der Waals surface area contributed by atoms with Crippen molar-refractivity contribution in [2.75, 3.05) is 19.5 Å². The number of methoxy groups -OCH3 is 1. The number of fused-ring (bicyclic) bond motifs is 1. The number of nitrogens with zero attached hydrogens (tertiary/aromatic N) is 2. The van der Waals surface area contributed by atoms with Gasteiger partial charge in [-0.05, 0) is 36.8 Å². The average molecular weight is 415 g/mol. The van der Waals surface area contributed by atoms with Gasteiger partial charge in [-0.25, -0.2) is 9.37 Å². The lowest BCUT2D eigenvalue weighted by molar-refractivity contribution is -0.119. The summed E-state index contributed by atoms with van der Waals surface area (Å²) in [5.74, 6) is -0.396. The predicted molar refractivity (Wildman–Crippen MR) is 112 cm³/mol. The molecule has 1 N–H and O–H groups in total. The molecule has 1 aromatic heterocycles. The van der Waals surface area contributed by atoms with Crippen LogP contribution >= 0.6 is 11.8 Å². The summed E-state index contributed by atoms with van der Waals surface area (Å²) in [5, 5.41) is 3.77. The fourth-order valence-electron chi connectivity index (χ4n) is 2.91. The van der Waals surface area contributed by atoms with E-state index in [4.69, 9.17) is 4.74 Å². The first-order valence-electron chi connectivity index (χ1n) is 9.13. The standard InChI is InChI=1S/C21H22FN3O3S/c1-14(12-28-2)23-19(26)13-29-21-24-18-6-4-3-5-17(18)20(27)25(21)11-15-7-9-16(22)10-8-15/h3-10,14H,11-13H2,1-2H3,(H,23,26)/t14-/m0/s1. The molecule has 8 heteroatoms. The molecule has 0 bridgehead atoms. The number of thioether (sulfide) groups is 1. The number of ether oxygens (including phenoxy) is 1. The third kappa shape index (κ3) is 5.42. The number of benzene rings is 2. The van der Waals surface area contributed by atoms with Crippen molar-refractivity contribution in [2.24, 2.45) is 0 Å². The fourth-order valence-corrected chi connectivity index (χ4v) is 3.72. The van der Waals surface area contributed by atoms with Crippen LogP contribution in [0, 0.1) is 5.82 Å². The summed E-state index contributed by atoms with van der Waals surface area (Å²) in [4.78, 5) is 29.8. The molecule has 6 nitrogen and oxygen atoms in total. The third-order valence-electron chi connectivity index (χ3n) is 4.24. The molecule has 3 rings (SSSR count). The molecule has 2 aromatic carbocycles. The average Bonchev–Trinajstić information content (AvgIpc) is 2.70. The van der Waals surface area contributed by atoms with Crippen LogP contribution in [0.2, 0.25) is 0 Å². The van der Waals surface area contributed by atoms with Crippen LogP contribution in [0.5, 0.6) is 0 Å². The van der Waals surface area contributed by atoms with Gasteiger partial charge >= 0.3 is 0 Å². The minimum Gasteiger partial charge on any atom is -0.383 e. The molecule has 0 aliphatic carbocycles. The maximum absolute atomic E-state index is 13.2. The molecule has 152 valence electrons. The van der Waals surface area contributed by atoms with Gasteiger partial charge in [0.2, 0.25) is 5.91 Å². The summed E-state index contributed by atoms with van der Waals surface area (Å²) in [6, 6.07) is 12.9. The SMILES string of the molecule is COC[C@H](C)NC(=O)CSc1nc2ccccc2c(=O)n1Cc1ccc(F)cc1. The van der Waals surface area contributed by atoms with Crippen molar-refractivity contribution >= 4 is 28.6 Å². The molecule has 0 unspecified atom stereocenters. The van der Waals surface area contributed by atoms with E-state index in [0.29, 0.717) is 22.7 Å². The minimum atomic E-state index is -0.339. The van der Waals surface area contributed by atoms with E-state index < -0.39 is 0 Å². The highest BCUT2D eigenvalue weighted by Crippen LogP contribution is 2.19. The molecule has 1 heterocycles. The third-order valence-corrected chi connectivity index (χ3v) is 5.21. The Morgan fingerprint density at radius 3 is 2.69 bits per heavy atom. The monoisotopic (exact) mass is 415 g/mol. The van der Waals surface area contributed by atoms with Crippen molar-refractivity contribution in [2.45, 2.75) is 24.7 Å². The molecular formula is C21H22FN3O3S. The summed E-state index contributed by atoms with van der Waals surface area (Å²) in [6.45, 7) is 2.51. The molecule has 0 spiro atoms. The maximum Gasteiger partial charge on any atom is 0.262 e. The quantitative estimate of drug-likeness (QED) is 0.452. The van der Waals surface area contributed by atoms with Crippen LogP contribution < -0.4 is 10.9 Å². The number of rotatable bonds is 8. The summed E-state index contributed by atoms with van der Waals surface area (Å²) in [7, 11) is 1.57. The van der Waals surface area contributed by atoms with E-state index in [0.717, 1.165) is 5.56 Å². The van der Waals surface area contributed by atoms with Gasteiger partial charge in [-0.1, -0.05) is 36.0 Å². The van der Waals surface area contributed by atoms with Gasteiger partial charge in [0.05, 0.1) is 29.8 Å². The van der Waals surface area contributed by atoms with Crippen molar-refractivity contribution in [1.29, 1.82) is 0 Å². The molecule has 0 aliphatic heterocycles. The first-order valence-corrected chi connectivity index (χ1v) is 10.1. The van der Waals surface area contributed by atoms with Crippen molar-refractivity contribution in [3.8, 4) is 0 Å². The highest BCUT2D eigenvalue weighted by atomic mass is 32.2. The van der Waals surface area contributed by atoms with E-state index in [1.807, 2.05) is 13.0 Å². The van der Waals surface area contributed by atoms with Gasteiger partial charge < -0.3 is 10.1 Å². The number of nitrogens with one attached hydrogen (secondary N) is 1. The lowest BCUT2D eigenvalue weighted by Gasteiger charge is -2.15. The molecular weight excluding hydrogens is 393 g/mol. The molecule has 29 heavy (non-hydrogen) atoms. The molecule has 1 amide bonds. The van der Waals surface area contributed by atoms with Crippen molar-refractivity contribution in [3.05, 3.63) is 70.3 Å². The van der Waals surface area contributed by atoms with Crippen LogP contribution in [0.25, 0.3) is 10.9 Å².